The number of anilines is 1. The van der Waals surface area contributed by atoms with Crippen molar-refractivity contribution in [2.75, 3.05) is 18.1 Å². The second-order valence-corrected chi connectivity index (χ2v) is 6.35. The Balaban J connectivity index is 1.98. The van der Waals surface area contributed by atoms with E-state index in [-0.39, 0.29) is 6.10 Å². The zero-order valence-electron chi connectivity index (χ0n) is 13.3. The van der Waals surface area contributed by atoms with Crippen LogP contribution in [0.3, 0.4) is 0 Å². The van der Waals surface area contributed by atoms with E-state index in [0.29, 0.717) is 12.6 Å². The third-order valence-corrected chi connectivity index (χ3v) is 4.79. The number of hydrogen-bond donors (Lipinski definition) is 1. The van der Waals surface area contributed by atoms with Crippen molar-refractivity contribution in [2.24, 2.45) is 5.73 Å². The molecule has 0 spiro atoms. The van der Waals surface area contributed by atoms with Crippen LogP contribution in [-0.2, 0) is 24.1 Å². The second kappa shape index (κ2) is 6.32. The monoisotopic (exact) mass is 289 g/mol. The Labute approximate surface area is 127 Å². The van der Waals surface area contributed by atoms with E-state index in [4.69, 9.17) is 15.5 Å². The highest BCUT2D eigenvalue weighted by atomic mass is 16.5. The van der Waals surface area contributed by atoms with Crippen molar-refractivity contribution < 1.29 is 4.74 Å². The number of pyridine rings is 1. The lowest BCUT2D eigenvalue weighted by atomic mass is 9.94. The van der Waals surface area contributed by atoms with E-state index >= 15 is 0 Å². The van der Waals surface area contributed by atoms with Crippen LogP contribution >= 0.6 is 0 Å². The van der Waals surface area contributed by atoms with Crippen molar-refractivity contribution in [1.82, 2.24) is 4.98 Å². The van der Waals surface area contributed by atoms with Gasteiger partial charge < -0.3 is 15.4 Å². The van der Waals surface area contributed by atoms with E-state index in [9.17, 15) is 0 Å². The maximum Gasteiger partial charge on any atom is 0.133 e. The highest BCUT2D eigenvalue weighted by Gasteiger charge is 2.29. The molecule has 2 N–H and O–H groups in total. The fraction of sp³-hybridized carbons (Fsp3) is 0.706. The number of morpholine rings is 1. The van der Waals surface area contributed by atoms with Crippen molar-refractivity contribution in [1.29, 1.82) is 0 Å². The Morgan fingerprint density at radius 1 is 1.38 bits per heavy atom. The van der Waals surface area contributed by atoms with Crippen molar-refractivity contribution in [3.05, 3.63) is 22.9 Å². The summed E-state index contributed by atoms with van der Waals surface area (Å²) in [7, 11) is 0. The number of aryl methyl sites for hydroxylation is 2. The molecular weight excluding hydrogens is 262 g/mol. The number of hydrogen-bond acceptors (Lipinski definition) is 4. The lowest BCUT2D eigenvalue weighted by Gasteiger charge is -2.40. The predicted molar refractivity (Wildman–Crippen MR) is 85.6 cm³/mol. The predicted octanol–water partition coefficient (Wildman–Crippen LogP) is 2.42. The summed E-state index contributed by atoms with van der Waals surface area (Å²) < 4.78 is 5.82. The fourth-order valence-corrected chi connectivity index (χ4v) is 3.51. The minimum Gasteiger partial charge on any atom is -0.375 e. The molecular formula is C17H27N3O. The number of ether oxygens (including phenoxy) is 1. The number of fused-ring (bicyclic) bond motifs is 1. The summed E-state index contributed by atoms with van der Waals surface area (Å²) in [6.07, 6.45) is 6.16. The maximum atomic E-state index is 6.01. The molecule has 2 heterocycles. The highest BCUT2D eigenvalue weighted by molar-refractivity contribution is 5.52. The van der Waals surface area contributed by atoms with Gasteiger partial charge in [-0.25, -0.2) is 4.98 Å². The molecule has 4 heteroatoms. The van der Waals surface area contributed by atoms with Gasteiger partial charge in [-0.2, -0.15) is 0 Å². The SMILES string of the molecule is CCC1COC(C)CN1c1nc2c(cc1CN)CCCC2. The van der Waals surface area contributed by atoms with E-state index < -0.39 is 0 Å². The van der Waals surface area contributed by atoms with Crippen LogP contribution in [0.2, 0.25) is 0 Å². The summed E-state index contributed by atoms with van der Waals surface area (Å²) in [6, 6.07) is 2.73. The van der Waals surface area contributed by atoms with Gasteiger partial charge in [-0.1, -0.05) is 6.92 Å². The van der Waals surface area contributed by atoms with Gasteiger partial charge in [0.25, 0.3) is 0 Å². The Hall–Kier alpha value is -1.13. The standard InChI is InChI=1S/C17H27N3O/c1-3-15-11-21-12(2)10-20(15)17-14(9-18)8-13-6-4-5-7-16(13)19-17/h8,12,15H,3-7,9-11,18H2,1-2H3. The third kappa shape index (κ3) is 2.92. The highest BCUT2D eigenvalue weighted by Crippen LogP contribution is 2.30. The van der Waals surface area contributed by atoms with E-state index in [1.54, 1.807) is 0 Å². The summed E-state index contributed by atoms with van der Waals surface area (Å²) in [4.78, 5) is 7.47. The zero-order chi connectivity index (χ0) is 14.8. The summed E-state index contributed by atoms with van der Waals surface area (Å²) in [5, 5.41) is 0. The third-order valence-electron chi connectivity index (χ3n) is 4.79. The molecule has 0 aromatic carbocycles. The van der Waals surface area contributed by atoms with E-state index in [1.165, 1.54) is 29.7 Å². The molecule has 2 atom stereocenters. The molecule has 2 unspecified atom stereocenters. The minimum absolute atomic E-state index is 0.260. The van der Waals surface area contributed by atoms with E-state index in [2.05, 4.69) is 24.8 Å². The molecule has 116 valence electrons. The number of nitrogens with zero attached hydrogens (tertiary/aromatic N) is 2. The molecule has 1 fully saturated rings. The Kier molecular flexibility index (Phi) is 4.45. The Morgan fingerprint density at radius 2 is 2.19 bits per heavy atom. The maximum absolute atomic E-state index is 6.01. The molecule has 0 radical (unpaired) electrons. The first-order chi connectivity index (χ1) is 10.2. The van der Waals surface area contributed by atoms with E-state index in [1.807, 2.05) is 0 Å². The molecule has 1 saturated heterocycles. The van der Waals surface area contributed by atoms with Crippen molar-refractivity contribution in [3.8, 4) is 0 Å². The zero-order valence-corrected chi connectivity index (χ0v) is 13.3. The van der Waals surface area contributed by atoms with Gasteiger partial charge in [0.1, 0.15) is 5.82 Å². The average molecular weight is 289 g/mol. The van der Waals surface area contributed by atoms with Crippen molar-refractivity contribution in [2.45, 2.75) is 64.6 Å². The van der Waals surface area contributed by atoms with Gasteiger partial charge in [0, 0.05) is 24.3 Å². The summed E-state index contributed by atoms with van der Waals surface area (Å²) in [5.41, 5.74) is 9.92. The van der Waals surface area contributed by atoms with E-state index in [0.717, 1.165) is 38.2 Å². The van der Waals surface area contributed by atoms with Crippen LogP contribution in [0, 0.1) is 0 Å². The molecule has 1 aliphatic heterocycles. The van der Waals surface area contributed by atoms with Gasteiger partial charge in [-0.3, -0.25) is 0 Å². The van der Waals surface area contributed by atoms with Gasteiger partial charge in [-0.05, 0) is 50.7 Å². The quantitative estimate of drug-likeness (QED) is 0.928. The van der Waals surface area contributed by atoms with Crippen LogP contribution in [-0.4, -0.2) is 30.3 Å². The molecule has 21 heavy (non-hydrogen) atoms. The summed E-state index contributed by atoms with van der Waals surface area (Å²) in [5.74, 6) is 1.11. The molecule has 0 bridgehead atoms. The smallest absolute Gasteiger partial charge is 0.133 e. The first-order valence-corrected chi connectivity index (χ1v) is 8.33. The molecule has 4 nitrogen and oxygen atoms in total. The molecule has 1 aromatic heterocycles. The molecule has 1 aliphatic carbocycles. The van der Waals surface area contributed by atoms with Gasteiger partial charge >= 0.3 is 0 Å². The van der Waals surface area contributed by atoms with Crippen LogP contribution in [0.25, 0.3) is 0 Å². The van der Waals surface area contributed by atoms with Crippen LogP contribution < -0.4 is 10.6 Å². The van der Waals surface area contributed by atoms with Gasteiger partial charge in [0.05, 0.1) is 18.8 Å². The molecule has 1 aromatic rings. The van der Waals surface area contributed by atoms with Crippen LogP contribution in [0.5, 0.6) is 0 Å². The summed E-state index contributed by atoms with van der Waals surface area (Å²) in [6.45, 7) is 6.63. The minimum atomic E-state index is 0.260. The van der Waals surface area contributed by atoms with Gasteiger partial charge in [0.2, 0.25) is 0 Å². The molecule has 2 aliphatic rings. The Morgan fingerprint density at radius 3 is 2.95 bits per heavy atom. The van der Waals surface area contributed by atoms with Gasteiger partial charge in [0.15, 0.2) is 0 Å². The van der Waals surface area contributed by atoms with Crippen molar-refractivity contribution in [3.63, 3.8) is 0 Å². The second-order valence-electron chi connectivity index (χ2n) is 6.35. The lowest BCUT2D eigenvalue weighted by Crippen LogP contribution is -2.49. The van der Waals surface area contributed by atoms with Crippen molar-refractivity contribution >= 4 is 5.82 Å². The average Bonchev–Trinajstić information content (AvgIpc) is 2.53. The van der Waals surface area contributed by atoms with Crippen LogP contribution in [0.4, 0.5) is 5.82 Å². The topological polar surface area (TPSA) is 51.4 Å². The summed E-state index contributed by atoms with van der Waals surface area (Å²) >= 11 is 0. The first kappa shape index (κ1) is 14.8. The normalized spacial score (nSPS) is 25.8. The number of rotatable bonds is 3. The largest absolute Gasteiger partial charge is 0.375 e. The van der Waals surface area contributed by atoms with Crippen LogP contribution in [0.1, 0.15) is 49.9 Å². The first-order valence-electron chi connectivity index (χ1n) is 8.33. The fourth-order valence-electron chi connectivity index (χ4n) is 3.51. The Bertz CT molecular complexity index is 503. The molecule has 3 rings (SSSR count). The van der Waals surface area contributed by atoms with Gasteiger partial charge in [-0.15, -0.1) is 0 Å². The number of nitrogens with two attached hydrogens (primary N) is 1. The molecule has 0 saturated carbocycles. The van der Waals surface area contributed by atoms with Crippen LogP contribution in [0.15, 0.2) is 6.07 Å². The lowest BCUT2D eigenvalue weighted by molar-refractivity contribution is 0.0295. The molecule has 0 amide bonds. The number of aromatic nitrogens is 1.